The van der Waals surface area contributed by atoms with E-state index >= 15 is 0 Å². The second-order valence-corrected chi connectivity index (χ2v) is 7.44. The topological polar surface area (TPSA) is 52.7 Å². The number of amides is 2. The molecule has 1 N–H and O–H groups in total. The van der Waals surface area contributed by atoms with E-state index in [2.05, 4.69) is 22.3 Å². The number of hydrogen-bond acceptors (Lipinski definition) is 4. The van der Waals surface area contributed by atoms with Crippen LogP contribution in [-0.4, -0.2) is 47.5 Å². The summed E-state index contributed by atoms with van der Waals surface area (Å²) in [5.74, 6) is 1.12. The van der Waals surface area contributed by atoms with Gasteiger partial charge < -0.3 is 15.1 Å². The van der Waals surface area contributed by atoms with Crippen molar-refractivity contribution in [3.05, 3.63) is 24.3 Å². The molecule has 2 saturated heterocycles. The molecule has 0 unspecified atom stereocenters. The Morgan fingerprint density at radius 3 is 2.38 bits per heavy atom. The van der Waals surface area contributed by atoms with E-state index in [4.69, 9.17) is 0 Å². The molecule has 0 saturated carbocycles. The van der Waals surface area contributed by atoms with Crippen LogP contribution in [0.1, 0.15) is 32.6 Å². The van der Waals surface area contributed by atoms with Crippen molar-refractivity contribution in [2.75, 3.05) is 34.9 Å². The molecule has 3 rings (SSSR count). The van der Waals surface area contributed by atoms with Gasteiger partial charge in [-0.2, -0.15) is 0 Å². The van der Waals surface area contributed by atoms with Crippen LogP contribution in [0, 0.1) is 0 Å². The maximum Gasteiger partial charge on any atom is 0.248 e. The fourth-order valence-electron chi connectivity index (χ4n) is 3.28. The van der Waals surface area contributed by atoms with Crippen LogP contribution in [0.5, 0.6) is 0 Å². The maximum atomic E-state index is 12.4. The van der Waals surface area contributed by atoms with Gasteiger partial charge in [0.2, 0.25) is 11.8 Å². The van der Waals surface area contributed by atoms with Gasteiger partial charge in [0.05, 0.1) is 5.88 Å². The van der Waals surface area contributed by atoms with Crippen molar-refractivity contribution in [2.45, 2.75) is 38.6 Å². The van der Waals surface area contributed by atoms with E-state index in [1.807, 2.05) is 12.1 Å². The van der Waals surface area contributed by atoms with Gasteiger partial charge in [-0.15, -0.1) is 11.8 Å². The smallest absolute Gasteiger partial charge is 0.248 e. The number of carbonyl (C=O) groups is 2. The molecule has 0 radical (unpaired) electrons. The molecule has 6 heteroatoms. The van der Waals surface area contributed by atoms with Gasteiger partial charge in [-0.3, -0.25) is 9.59 Å². The lowest BCUT2D eigenvalue weighted by Gasteiger charge is -2.23. The van der Waals surface area contributed by atoms with Crippen LogP contribution in [0.25, 0.3) is 0 Å². The molecule has 2 heterocycles. The summed E-state index contributed by atoms with van der Waals surface area (Å²) in [5.41, 5.74) is 2.01. The number of anilines is 2. The van der Waals surface area contributed by atoms with Gasteiger partial charge >= 0.3 is 0 Å². The number of nitrogens with zero attached hydrogens (tertiary/aromatic N) is 2. The van der Waals surface area contributed by atoms with Crippen molar-refractivity contribution >= 4 is 35.0 Å². The molecule has 2 aliphatic rings. The van der Waals surface area contributed by atoms with Gasteiger partial charge in [-0.1, -0.05) is 12.8 Å². The number of hydrogen-bond donors (Lipinski definition) is 1. The first-order chi connectivity index (χ1) is 11.6. The minimum Gasteiger partial charge on any atom is -0.372 e. The highest BCUT2D eigenvalue weighted by Gasteiger charge is 2.32. The van der Waals surface area contributed by atoms with Crippen LogP contribution < -0.4 is 10.2 Å². The Balaban J connectivity index is 1.61. The average molecular weight is 347 g/mol. The van der Waals surface area contributed by atoms with Crippen molar-refractivity contribution in [2.24, 2.45) is 0 Å². The molecule has 0 aliphatic carbocycles. The summed E-state index contributed by atoms with van der Waals surface area (Å²) in [7, 11) is 0. The zero-order valence-corrected chi connectivity index (χ0v) is 15.0. The van der Waals surface area contributed by atoms with Crippen molar-refractivity contribution in [1.82, 2.24) is 4.90 Å². The monoisotopic (exact) mass is 347 g/mol. The fraction of sp³-hybridized carbons (Fsp3) is 0.556. The number of benzene rings is 1. The molecule has 0 spiro atoms. The zero-order valence-electron chi connectivity index (χ0n) is 14.2. The number of nitrogens with one attached hydrogen (secondary N) is 1. The summed E-state index contributed by atoms with van der Waals surface area (Å²) >= 11 is 1.62. The molecule has 1 aromatic rings. The molecule has 1 aromatic carbocycles. The Hall–Kier alpha value is -1.69. The zero-order chi connectivity index (χ0) is 16.9. The lowest BCUT2D eigenvalue weighted by atomic mass is 10.2. The van der Waals surface area contributed by atoms with Gasteiger partial charge in [0, 0.05) is 37.1 Å². The molecule has 24 heavy (non-hydrogen) atoms. The molecule has 2 aliphatic heterocycles. The Morgan fingerprint density at radius 1 is 1.08 bits per heavy atom. The van der Waals surface area contributed by atoms with E-state index in [0.717, 1.165) is 18.8 Å². The van der Waals surface area contributed by atoms with Crippen molar-refractivity contribution in [3.8, 4) is 0 Å². The van der Waals surface area contributed by atoms with Gasteiger partial charge in [-0.25, -0.2) is 0 Å². The van der Waals surface area contributed by atoms with E-state index in [9.17, 15) is 9.59 Å². The first-order valence-electron chi connectivity index (χ1n) is 8.66. The highest BCUT2D eigenvalue weighted by molar-refractivity contribution is 7.99. The van der Waals surface area contributed by atoms with E-state index in [0.29, 0.717) is 11.6 Å². The molecule has 0 bridgehead atoms. The van der Waals surface area contributed by atoms with E-state index in [-0.39, 0.29) is 17.9 Å². The fourth-order valence-corrected chi connectivity index (χ4v) is 4.50. The average Bonchev–Trinajstić information content (AvgIpc) is 2.92. The van der Waals surface area contributed by atoms with Gasteiger partial charge in [0.1, 0.15) is 6.04 Å². The van der Waals surface area contributed by atoms with Crippen LogP contribution >= 0.6 is 11.8 Å². The first kappa shape index (κ1) is 17.1. The predicted octanol–water partition coefficient (Wildman–Crippen LogP) is 2.93. The van der Waals surface area contributed by atoms with Gasteiger partial charge in [-0.05, 0) is 37.1 Å². The van der Waals surface area contributed by atoms with Crippen molar-refractivity contribution < 1.29 is 9.59 Å². The first-order valence-corrected chi connectivity index (χ1v) is 9.81. The SMILES string of the molecule is CC(=O)N1CSC[C@@H]1C(=O)Nc1ccc(N2CCCCCC2)cc1. The number of rotatable bonds is 3. The Morgan fingerprint density at radius 2 is 1.75 bits per heavy atom. The predicted molar refractivity (Wildman–Crippen MR) is 99.4 cm³/mol. The molecular formula is C18H25N3O2S. The largest absolute Gasteiger partial charge is 0.372 e. The molecule has 2 amide bonds. The number of carbonyl (C=O) groups excluding carboxylic acids is 2. The molecular weight excluding hydrogens is 322 g/mol. The third kappa shape index (κ3) is 4.04. The Kier molecular flexibility index (Phi) is 5.66. The number of thioether (sulfide) groups is 1. The summed E-state index contributed by atoms with van der Waals surface area (Å²) < 4.78 is 0. The Bertz CT molecular complexity index is 582. The van der Waals surface area contributed by atoms with Crippen molar-refractivity contribution in [1.29, 1.82) is 0 Å². The minimum atomic E-state index is -0.363. The highest BCUT2D eigenvalue weighted by atomic mass is 32.2. The van der Waals surface area contributed by atoms with Crippen LogP contribution in [0.4, 0.5) is 11.4 Å². The van der Waals surface area contributed by atoms with Gasteiger partial charge in [0.15, 0.2) is 0 Å². The van der Waals surface area contributed by atoms with Crippen LogP contribution in [-0.2, 0) is 9.59 Å². The molecule has 0 aromatic heterocycles. The lowest BCUT2D eigenvalue weighted by Crippen LogP contribution is -2.43. The minimum absolute atomic E-state index is 0.0448. The molecule has 130 valence electrons. The Labute approximate surface area is 147 Å². The summed E-state index contributed by atoms with van der Waals surface area (Å²) in [6, 6.07) is 7.70. The summed E-state index contributed by atoms with van der Waals surface area (Å²) in [6.45, 7) is 3.74. The molecule has 2 fully saturated rings. The third-order valence-corrected chi connectivity index (χ3v) is 5.71. The standard InChI is InChI=1S/C18H25N3O2S/c1-14(22)21-13-24-12-17(21)18(23)19-15-6-8-16(9-7-15)20-10-4-2-3-5-11-20/h6-9,17H,2-5,10-13H2,1H3,(H,19,23)/t17-/m1/s1. The van der Waals surface area contributed by atoms with Crippen LogP contribution in [0.2, 0.25) is 0 Å². The quantitative estimate of drug-likeness (QED) is 0.913. The second-order valence-electron chi connectivity index (χ2n) is 6.44. The van der Waals surface area contributed by atoms with E-state index < -0.39 is 0 Å². The van der Waals surface area contributed by atoms with Crippen LogP contribution in [0.3, 0.4) is 0 Å². The summed E-state index contributed by atoms with van der Waals surface area (Å²) in [5, 5.41) is 2.95. The molecule has 5 nitrogen and oxygen atoms in total. The highest BCUT2D eigenvalue weighted by Crippen LogP contribution is 2.24. The van der Waals surface area contributed by atoms with Crippen molar-refractivity contribution in [3.63, 3.8) is 0 Å². The normalized spacial score (nSPS) is 21.5. The van der Waals surface area contributed by atoms with E-state index in [1.54, 1.807) is 16.7 Å². The lowest BCUT2D eigenvalue weighted by molar-refractivity contribution is -0.134. The second kappa shape index (κ2) is 7.92. The molecule has 1 atom stereocenters. The summed E-state index contributed by atoms with van der Waals surface area (Å²) in [6.07, 6.45) is 5.13. The van der Waals surface area contributed by atoms with Crippen LogP contribution in [0.15, 0.2) is 24.3 Å². The van der Waals surface area contributed by atoms with E-state index in [1.165, 1.54) is 38.3 Å². The third-order valence-electron chi connectivity index (χ3n) is 4.70. The summed E-state index contributed by atoms with van der Waals surface area (Å²) in [4.78, 5) is 28.1. The maximum absolute atomic E-state index is 12.4. The van der Waals surface area contributed by atoms with Gasteiger partial charge in [0.25, 0.3) is 0 Å².